The maximum Gasteiger partial charge on any atom is -0.0215 e. The van der Waals surface area contributed by atoms with Crippen molar-refractivity contribution >= 4 is 0 Å². The van der Waals surface area contributed by atoms with Crippen LogP contribution in [-0.2, 0) is 0 Å². The molecule has 17 atom stereocenters. The van der Waals surface area contributed by atoms with Crippen LogP contribution >= 0.6 is 0 Å². The summed E-state index contributed by atoms with van der Waals surface area (Å²) in [4.78, 5) is 0. The molecule has 0 bridgehead atoms. The zero-order chi connectivity index (χ0) is 34.9. The van der Waals surface area contributed by atoms with Gasteiger partial charge in [-0.15, -0.1) is 0 Å². The summed E-state index contributed by atoms with van der Waals surface area (Å²) in [6.45, 7) is 55.5. The standard InChI is InChI=1S/C45H86/c1-22-38-29(8)32(11)42(33(12)30(38)9)43(17,18)36(15)34(13)37(16)45(21,35(14)24(2)3)44(19,20)41-25(4)23-39-28(7)26(5)27(6)31(10)40(39)41/h24-42H,22-23H2,1-21H3/t25?,26?,27?,28?,29?,30?,31-,32?,33?,34?,35?,36?,37?,38?,39?,40?,41?,42?,45?/m1/s1. The normalized spacial score (nSPS) is 45.5. The van der Waals surface area contributed by atoms with Gasteiger partial charge in [0, 0.05) is 0 Å². The van der Waals surface area contributed by atoms with E-state index in [0.717, 1.165) is 82.9 Å². The highest BCUT2D eigenvalue weighted by Crippen LogP contribution is 2.68. The zero-order valence-electron chi connectivity index (χ0n) is 34.9. The summed E-state index contributed by atoms with van der Waals surface area (Å²) in [6, 6.07) is 0. The van der Waals surface area contributed by atoms with E-state index in [0.29, 0.717) is 35.0 Å². The molecule has 0 aromatic rings. The summed E-state index contributed by atoms with van der Waals surface area (Å²) < 4.78 is 0. The van der Waals surface area contributed by atoms with Crippen molar-refractivity contribution in [1.82, 2.24) is 0 Å². The van der Waals surface area contributed by atoms with E-state index in [2.05, 4.69) is 145 Å². The second-order valence-corrected chi connectivity index (χ2v) is 20.7. The van der Waals surface area contributed by atoms with Gasteiger partial charge in [0.2, 0.25) is 0 Å². The van der Waals surface area contributed by atoms with Gasteiger partial charge in [0.15, 0.2) is 0 Å². The SMILES string of the molecule is CCC1C(C)C(C)C(C(C)(C)C(C)C(C)C(C)C(C)(C(C)C(C)C)C(C)(C)C2C(C)CC3C(C)C(C)C(C)[C@@H](C)C32)C(C)C1C. The van der Waals surface area contributed by atoms with Gasteiger partial charge in [-0.05, 0) is 135 Å². The number of rotatable bonds is 10. The molecule has 0 nitrogen and oxygen atoms in total. The summed E-state index contributed by atoms with van der Waals surface area (Å²) in [5.41, 5.74) is 0.834. The second kappa shape index (κ2) is 13.7. The van der Waals surface area contributed by atoms with E-state index < -0.39 is 0 Å². The first-order valence-electron chi connectivity index (χ1n) is 20.5. The van der Waals surface area contributed by atoms with E-state index in [9.17, 15) is 0 Å². The van der Waals surface area contributed by atoms with Gasteiger partial charge < -0.3 is 0 Å². The van der Waals surface area contributed by atoms with Crippen LogP contribution in [0.3, 0.4) is 0 Å². The molecule has 0 aromatic carbocycles. The molecule has 266 valence electrons. The lowest BCUT2D eigenvalue weighted by Crippen LogP contribution is -2.57. The van der Waals surface area contributed by atoms with E-state index in [4.69, 9.17) is 0 Å². The minimum absolute atomic E-state index is 0.256. The van der Waals surface area contributed by atoms with Crippen molar-refractivity contribution in [3.63, 3.8) is 0 Å². The van der Waals surface area contributed by atoms with Crippen LogP contribution in [0.2, 0.25) is 0 Å². The highest BCUT2D eigenvalue weighted by molar-refractivity contribution is 5.10. The molecule has 0 radical (unpaired) electrons. The second-order valence-electron chi connectivity index (χ2n) is 20.7. The molecule has 0 heteroatoms. The monoisotopic (exact) mass is 627 g/mol. The third-order valence-corrected chi connectivity index (χ3v) is 19.3. The maximum atomic E-state index is 2.80. The maximum absolute atomic E-state index is 2.80. The molecule has 0 saturated heterocycles. The fourth-order valence-corrected chi connectivity index (χ4v) is 14.6. The molecular weight excluding hydrogens is 540 g/mol. The molecule has 16 unspecified atom stereocenters. The van der Waals surface area contributed by atoms with Crippen LogP contribution in [0.25, 0.3) is 0 Å². The first-order chi connectivity index (χ1) is 20.5. The molecule has 3 saturated carbocycles. The first-order valence-corrected chi connectivity index (χ1v) is 20.5. The molecule has 3 rings (SSSR count). The minimum Gasteiger partial charge on any atom is -0.0651 e. The zero-order valence-corrected chi connectivity index (χ0v) is 34.9. The lowest BCUT2D eigenvalue weighted by atomic mass is 9.42. The third kappa shape index (κ3) is 6.08. The summed E-state index contributed by atoms with van der Waals surface area (Å²) in [5, 5.41) is 0. The molecule has 0 N–H and O–H groups in total. The van der Waals surface area contributed by atoms with E-state index in [-0.39, 0.29) is 10.8 Å². The Hall–Kier alpha value is 0. The van der Waals surface area contributed by atoms with Gasteiger partial charge in [-0.2, -0.15) is 0 Å². The number of hydrogen-bond donors (Lipinski definition) is 0. The van der Waals surface area contributed by atoms with Crippen molar-refractivity contribution in [2.24, 2.45) is 129 Å². The molecule has 3 fully saturated rings. The molecule has 45 heavy (non-hydrogen) atoms. The van der Waals surface area contributed by atoms with Crippen LogP contribution < -0.4 is 0 Å². The molecule has 0 amide bonds. The molecule has 3 aliphatic rings. The Morgan fingerprint density at radius 3 is 1.44 bits per heavy atom. The van der Waals surface area contributed by atoms with Crippen LogP contribution in [-0.4, -0.2) is 0 Å². The number of fused-ring (bicyclic) bond motifs is 1. The molecule has 0 aliphatic heterocycles. The summed E-state index contributed by atoms with van der Waals surface area (Å²) in [6.07, 6.45) is 2.79. The predicted molar refractivity (Wildman–Crippen MR) is 202 cm³/mol. The average Bonchev–Trinajstić information content (AvgIpc) is 3.33. The Morgan fingerprint density at radius 1 is 0.533 bits per heavy atom. The van der Waals surface area contributed by atoms with Crippen LogP contribution in [0.1, 0.15) is 158 Å². The van der Waals surface area contributed by atoms with Crippen molar-refractivity contribution in [3.05, 3.63) is 0 Å². The summed E-state index contributed by atoms with van der Waals surface area (Å²) in [5.74, 6) is 15.0. The third-order valence-electron chi connectivity index (χ3n) is 19.3. The van der Waals surface area contributed by atoms with Crippen molar-refractivity contribution in [1.29, 1.82) is 0 Å². The Morgan fingerprint density at radius 2 is 1.00 bits per heavy atom. The van der Waals surface area contributed by atoms with Crippen molar-refractivity contribution in [2.75, 3.05) is 0 Å². The quantitative estimate of drug-likeness (QED) is 0.226. The molecule has 3 aliphatic carbocycles. The first kappa shape index (κ1) is 39.4. The minimum atomic E-state index is 0.256. The highest BCUT2D eigenvalue weighted by atomic mass is 14.7. The summed E-state index contributed by atoms with van der Waals surface area (Å²) in [7, 11) is 0. The van der Waals surface area contributed by atoms with Crippen LogP contribution in [0.5, 0.6) is 0 Å². The van der Waals surface area contributed by atoms with Crippen molar-refractivity contribution in [3.8, 4) is 0 Å². The Balaban J connectivity index is 2.06. The van der Waals surface area contributed by atoms with Crippen molar-refractivity contribution in [2.45, 2.75) is 158 Å². The van der Waals surface area contributed by atoms with Crippen LogP contribution in [0.15, 0.2) is 0 Å². The van der Waals surface area contributed by atoms with Gasteiger partial charge in [-0.25, -0.2) is 0 Å². The van der Waals surface area contributed by atoms with E-state index in [1.54, 1.807) is 0 Å². The topological polar surface area (TPSA) is 0 Å². The molecule has 0 aromatic heterocycles. The highest BCUT2D eigenvalue weighted by Gasteiger charge is 2.63. The van der Waals surface area contributed by atoms with E-state index >= 15 is 0 Å². The molecule has 0 spiro atoms. The molecule has 0 heterocycles. The van der Waals surface area contributed by atoms with Gasteiger partial charge in [-0.3, -0.25) is 0 Å². The Kier molecular flexibility index (Phi) is 12.0. The smallest absolute Gasteiger partial charge is 0.0215 e. The van der Waals surface area contributed by atoms with Gasteiger partial charge in [0.25, 0.3) is 0 Å². The van der Waals surface area contributed by atoms with Gasteiger partial charge in [-0.1, -0.05) is 152 Å². The fourth-order valence-electron chi connectivity index (χ4n) is 14.6. The lowest BCUT2D eigenvalue weighted by molar-refractivity contribution is -0.145. The van der Waals surface area contributed by atoms with Gasteiger partial charge in [0.05, 0.1) is 0 Å². The average molecular weight is 627 g/mol. The number of hydrogen-bond acceptors (Lipinski definition) is 0. The Labute approximate surface area is 286 Å². The van der Waals surface area contributed by atoms with E-state index in [1.165, 1.54) is 12.8 Å². The predicted octanol–water partition coefficient (Wildman–Crippen LogP) is 13.9. The summed E-state index contributed by atoms with van der Waals surface area (Å²) >= 11 is 0. The fraction of sp³-hybridized carbons (Fsp3) is 1.00. The van der Waals surface area contributed by atoms with Gasteiger partial charge >= 0.3 is 0 Å². The largest absolute Gasteiger partial charge is 0.0651 e. The van der Waals surface area contributed by atoms with Crippen molar-refractivity contribution < 1.29 is 0 Å². The Bertz CT molecular complexity index is 939. The lowest BCUT2D eigenvalue weighted by Gasteiger charge is -2.62. The molecular formula is C45H86. The van der Waals surface area contributed by atoms with Crippen LogP contribution in [0.4, 0.5) is 0 Å². The van der Waals surface area contributed by atoms with E-state index in [1.807, 2.05) is 0 Å². The van der Waals surface area contributed by atoms with Gasteiger partial charge in [0.1, 0.15) is 0 Å². The van der Waals surface area contributed by atoms with Crippen LogP contribution in [0, 0.1) is 129 Å².